The normalized spacial score (nSPS) is 16.8. The van der Waals surface area contributed by atoms with Crippen LogP contribution in [0.15, 0.2) is 29.4 Å². The maximum atomic E-state index is 12.5. The molecule has 1 aliphatic heterocycles. The number of benzene rings is 1. The first-order valence-electron chi connectivity index (χ1n) is 7.57. The van der Waals surface area contributed by atoms with Crippen LogP contribution in [0.5, 0.6) is 11.9 Å². The van der Waals surface area contributed by atoms with Crippen molar-refractivity contribution in [2.75, 3.05) is 26.2 Å². The van der Waals surface area contributed by atoms with Crippen LogP contribution in [0, 0.1) is 0 Å². The first kappa shape index (κ1) is 17.2. The molecule has 8 heteroatoms. The van der Waals surface area contributed by atoms with Crippen LogP contribution in [0.1, 0.15) is 18.1 Å². The second kappa shape index (κ2) is 6.68. The quantitative estimate of drug-likeness (QED) is 0.839. The maximum Gasteiger partial charge on any atom is 0.319 e. The van der Waals surface area contributed by atoms with Crippen LogP contribution < -0.4 is 14.4 Å². The number of anilines is 1. The fourth-order valence-electron chi connectivity index (χ4n) is 2.69. The molecule has 1 aliphatic rings. The molecule has 1 atom stereocenters. The van der Waals surface area contributed by atoms with E-state index in [1.54, 1.807) is 43.3 Å². The lowest BCUT2D eigenvalue weighted by atomic mass is 10.0. The van der Waals surface area contributed by atoms with Crippen LogP contribution in [-0.2, 0) is 4.79 Å². The average molecular weight is 361 g/mol. The SMILES string of the molecule is COc1ncc(C2=NC(C)C(=O)N(C)c3ccc(Cl)cc32)c(OC)n1. The highest BCUT2D eigenvalue weighted by atomic mass is 35.5. The minimum atomic E-state index is -0.571. The molecular weight excluding hydrogens is 344 g/mol. The highest BCUT2D eigenvalue weighted by molar-refractivity contribution is 6.32. The number of hydrogen-bond donors (Lipinski definition) is 0. The Balaban J connectivity index is 2.27. The van der Waals surface area contributed by atoms with Gasteiger partial charge >= 0.3 is 6.01 Å². The lowest BCUT2D eigenvalue weighted by Gasteiger charge is -2.19. The molecule has 25 heavy (non-hydrogen) atoms. The van der Waals surface area contributed by atoms with Crippen molar-refractivity contribution in [3.8, 4) is 11.9 Å². The van der Waals surface area contributed by atoms with Gasteiger partial charge in [-0.05, 0) is 25.1 Å². The molecule has 0 radical (unpaired) electrons. The summed E-state index contributed by atoms with van der Waals surface area (Å²) in [5, 5.41) is 0.537. The first-order chi connectivity index (χ1) is 12.0. The summed E-state index contributed by atoms with van der Waals surface area (Å²) in [6.07, 6.45) is 1.57. The summed E-state index contributed by atoms with van der Waals surface area (Å²) in [7, 11) is 4.69. The van der Waals surface area contributed by atoms with Crippen molar-refractivity contribution in [3.05, 3.63) is 40.5 Å². The predicted octanol–water partition coefficient (Wildman–Crippen LogP) is 2.35. The summed E-state index contributed by atoms with van der Waals surface area (Å²) in [6.45, 7) is 1.74. The number of benzodiazepines with no additional fused rings is 1. The van der Waals surface area contributed by atoms with Crippen molar-refractivity contribution in [1.29, 1.82) is 0 Å². The zero-order valence-corrected chi connectivity index (χ0v) is 15.0. The maximum absolute atomic E-state index is 12.5. The Morgan fingerprint density at radius 3 is 2.64 bits per heavy atom. The molecule has 1 amide bonds. The van der Waals surface area contributed by atoms with Gasteiger partial charge in [-0.1, -0.05) is 11.6 Å². The molecule has 0 N–H and O–H groups in total. The van der Waals surface area contributed by atoms with E-state index in [1.807, 2.05) is 0 Å². The van der Waals surface area contributed by atoms with E-state index < -0.39 is 6.04 Å². The van der Waals surface area contributed by atoms with Gasteiger partial charge in [0.15, 0.2) is 0 Å². The molecular formula is C17H17ClN4O3. The second-order valence-electron chi connectivity index (χ2n) is 5.49. The molecule has 2 heterocycles. The number of likely N-dealkylation sites (N-methyl/N-ethyl adjacent to an activating group) is 1. The van der Waals surface area contributed by atoms with Gasteiger partial charge in [0.05, 0.1) is 31.2 Å². The van der Waals surface area contributed by atoms with Gasteiger partial charge in [0.2, 0.25) is 5.88 Å². The monoisotopic (exact) mass is 360 g/mol. The van der Waals surface area contributed by atoms with E-state index in [9.17, 15) is 4.79 Å². The molecule has 0 bridgehead atoms. The third-order valence-corrected chi connectivity index (χ3v) is 4.18. The molecule has 0 saturated heterocycles. The molecule has 0 saturated carbocycles. The molecule has 0 aliphatic carbocycles. The summed E-state index contributed by atoms with van der Waals surface area (Å²) in [5.41, 5.74) is 2.51. The average Bonchev–Trinajstić information content (AvgIpc) is 2.71. The Kier molecular flexibility index (Phi) is 4.59. The van der Waals surface area contributed by atoms with Gasteiger partial charge in [-0.2, -0.15) is 4.98 Å². The number of amides is 1. The minimum absolute atomic E-state index is 0.119. The molecule has 0 fully saturated rings. The lowest BCUT2D eigenvalue weighted by Crippen LogP contribution is -2.32. The molecule has 1 aromatic heterocycles. The predicted molar refractivity (Wildman–Crippen MR) is 95.1 cm³/mol. The topological polar surface area (TPSA) is 76.9 Å². The number of aliphatic imine (C=N–C) groups is 1. The van der Waals surface area contributed by atoms with Gasteiger partial charge in [-0.15, -0.1) is 0 Å². The molecule has 3 rings (SSSR count). The lowest BCUT2D eigenvalue weighted by molar-refractivity contribution is -0.119. The van der Waals surface area contributed by atoms with Gasteiger partial charge in [0.1, 0.15) is 6.04 Å². The van der Waals surface area contributed by atoms with Crippen LogP contribution in [0.2, 0.25) is 5.02 Å². The van der Waals surface area contributed by atoms with Crippen molar-refractivity contribution in [3.63, 3.8) is 0 Å². The van der Waals surface area contributed by atoms with Crippen LogP contribution in [-0.4, -0.2) is 48.9 Å². The number of hydrogen-bond acceptors (Lipinski definition) is 6. The zero-order chi connectivity index (χ0) is 18.1. The van der Waals surface area contributed by atoms with Crippen LogP contribution >= 0.6 is 11.6 Å². The number of halogens is 1. The number of carbonyl (C=O) groups excluding carboxylic acids is 1. The summed E-state index contributed by atoms with van der Waals surface area (Å²) >= 11 is 6.18. The molecule has 1 aromatic carbocycles. The summed E-state index contributed by atoms with van der Waals surface area (Å²) in [4.78, 5) is 27.0. The van der Waals surface area contributed by atoms with Gasteiger partial charge < -0.3 is 14.4 Å². The van der Waals surface area contributed by atoms with Gasteiger partial charge in [0, 0.05) is 23.8 Å². The fraction of sp³-hybridized carbons (Fsp3) is 0.294. The van der Waals surface area contributed by atoms with E-state index in [0.717, 1.165) is 0 Å². The number of nitrogens with zero attached hydrogens (tertiary/aromatic N) is 4. The molecule has 130 valence electrons. The van der Waals surface area contributed by atoms with E-state index in [0.29, 0.717) is 33.4 Å². The van der Waals surface area contributed by atoms with Crippen molar-refractivity contribution in [2.45, 2.75) is 13.0 Å². The van der Waals surface area contributed by atoms with E-state index in [2.05, 4.69) is 15.0 Å². The van der Waals surface area contributed by atoms with E-state index in [1.165, 1.54) is 14.2 Å². The number of fused-ring (bicyclic) bond motifs is 1. The smallest absolute Gasteiger partial charge is 0.319 e. The van der Waals surface area contributed by atoms with Crippen molar-refractivity contribution in [1.82, 2.24) is 9.97 Å². The van der Waals surface area contributed by atoms with E-state index in [4.69, 9.17) is 21.1 Å². The number of methoxy groups -OCH3 is 2. The Morgan fingerprint density at radius 1 is 1.20 bits per heavy atom. The standard InChI is InChI=1S/C17H17ClN4O3/c1-9-16(23)22(2)13-6-5-10(18)7-11(13)14(20-9)12-8-19-17(25-4)21-15(12)24-3/h5-9H,1-4H3. The number of carbonyl (C=O) groups is 1. The van der Waals surface area contributed by atoms with Crippen molar-refractivity contribution >= 4 is 28.9 Å². The highest BCUT2D eigenvalue weighted by Gasteiger charge is 2.29. The molecule has 2 aromatic rings. The molecule has 1 unspecified atom stereocenters. The largest absolute Gasteiger partial charge is 0.480 e. The van der Waals surface area contributed by atoms with Gasteiger partial charge in [-0.3, -0.25) is 9.79 Å². The molecule has 7 nitrogen and oxygen atoms in total. The van der Waals surface area contributed by atoms with Crippen LogP contribution in [0.3, 0.4) is 0 Å². The third kappa shape index (κ3) is 3.02. The van der Waals surface area contributed by atoms with E-state index >= 15 is 0 Å². The Morgan fingerprint density at radius 2 is 1.96 bits per heavy atom. The van der Waals surface area contributed by atoms with Gasteiger partial charge in [0.25, 0.3) is 5.91 Å². The Labute approximate surface area is 150 Å². The fourth-order valence-corrected chi connectivity index (χ4v) is 2.86. The minimum Gasteiger partial charge on any atom is -0.480 e. The first-order valence-corrected chi connectivity index (χ1v) is 7.94. The number of rotatable bonds is 3. The van der Waals surface area contributed by atoms with Crippen LogP contribution in [0.25, 0.3) is 0 Å². The van der Waals surface area contributed by atoms with E-state index in [-0.39, 0.29) is 11.9 Å². The molecule has 0 spiro atoms. The number of ether oxygens (including phenoxy) is 2. The summed E-state index contributed by atoms with van der Waals surface area (Å²) < 4.78 is 10.4. The second-order valence-corrected chi connectivity index (χ2v) is 5.93. The van der Waals surface area contributed by atoms with Crippen molar-refractivity contribution in [2.24, 2.45) is 4.99 Å². The summed E-state index contributed by atoms with van der Waals surface area (Å²) in [5.74, 6) is 0.188. The third-order valence-electron chi connectivity index (χ3n) is 3.95. The zero-order valence-electron chi connectivity index (χ0n) is 14.3. The Bertz CT molecular complexity index is 869. The number of aromatic nitrogens is 2. The highest BCUT2D eigenvalue weighted by Crippen LogP contribution is 2.32. The van der Waals surface area contributed by atoms with Crippen molar-refractivity contribution < 1.29 is 14.3 Å². The summed E-state index contributed by atoms with van der Waals surface area (Å²) in [6, 6.07) is 4.90. The Hall–Kier alpha value is -2.67. The van der Waals surface area contributed by atoms with Crippen LogP contribution in [0.4, 0.5) is 5.69 Å². The van der Waals surface area contributed by atoms with Gasteiger partial charge in [-0.25, -0.2) is 4.98 Å².